The van der Waals surface area contributed by atoms with Gasteiger partial charge in [0.25, 0.3) is 5.91 Å². The quantitative estimate of drug-likeness (QED) is 0.704. The van der Waals surface area contributed by atoms with Crippen molar-refractivity contribution in [2.75, 3.05) is 0 Å². The van der Waals surface area contributed by atoms with E-state index in [2.05, 4.69) is 10.9 Å². The Hall–Kier alpha value is -1.84. The minimum absolute atomic E-state index is 0.225. The second-order valence-electron chi connectivity index (χ2n) is 4.52. The number of amides is 2. The maximum absolute atomic E-state index is 11.6. The topological polar surface area (TPSA) is 58.2 Å². The monoisotopic (exact) mass is 220 g/mol. The molecular weight excluding hydrogens is 204 g/mol. The Kier molecular flexibility index (Phi) is 3.66. The van der Waals surface area contributed by atoms with Crippen LogP contribution in [0.4, 0.5) is 0 Å². The SMILES string of the molecule is CC(C)(C)C(=O)NNC(=O)c1ccccc1. The van der Waals surface area contributed by atoms with Gasteiger partial charge in [-0.25, -0.2) is 0 Å². The zero-order valence-electron chi connectivity index (χ0n) is 9.70. The van der Waals surface area contributed by atoms with Crippen LogP contribution in [0.25, 0.3) is 0 Å². The molecule has 0 fully saturated rings. The van der Waals surface area contributed by atoms with Crippen LogP contribution in [0.2, 0.25) is 0 Å². The van der Waals surface area contributed by atoms with Crippen LogP contribution in [0.1, 0.15) is 31.1 Å². The Morgan fingerprint density at radius 3 is 2.06 bits per heavy atom. The Balaban J connectivity index is 2.52. The van der Waals surface area contributed by atoms with Crippen molar-refractivity contribution in [3.8, 4) is 0 Å². The van der Waals surface area contributed by atoms with E-state index in [9.17, 15) is 9.59 Å². The van der Waals surface area contributed by atoms with Crippen LogP contribution >= 0.6 is 0 Å². The Labute approximate surface area is 95.0 Å². The summed E-state index contributed by atoms with van der Waals surface area (Å²) in [6.45, 7) is 5.32. The van der Waals surface area contributed by atoms with Crippen LogP contribution in [0.3, 0.4) is 0 Å². The van der Waals surface area contributed by atoms with Crippen molar-refractivity contribution >= 4 is 11.8 Å². The molecule has 1 aromatic rings. The van der Waals surface area contributed by atoms with Crippen molar-refractivity contribution in [2.45, 2.75) is 20.8 Å². The molecule has 0 aromatic heterocycles. The van der Waals surface area contributed by atoms with Crippen LogP contribution < -0.4 is 10.9 Å². The zero-order valence-corrected chi connectivity index (χ0v) is 9.70. The fourth-order valence-electron chi connectivity index (χ4n) is 0.963. The van der Waals surface area contributed by atoms with Gasteiger partial charge in [0.2, 0.25) is 5.91 Å². The number of carbonyl (C=O) groups excluding carboxylic acids is 2. The highest BCUT2D eigenvalue weighted by Crippen LogP contribution is 2.11. The Bertz CT molecular complexity index is 380. The minimum Gasteiger partial charge on any atom is -0.273 e. The van der Waals surface area contributed by atoms with E-state index in [4.69, 9.17) is 0 Å². The van der Waals surface area contributed by atoms with Gasteiger partial charge >= 0.3 is 0 Å². The summed E-state index contributed by atoms with van der Waals surface area (Å²) < 4.78 is 0. The number of benzene rings is 1. The van der Waals surface area contributed by atoms with E-state index < -0.39 is 5.41 Å². The minimum atomic E-state index is -0.524. The number of nitrogens with one attached hydrogen (secondary N) is 2. The van der Waals surface area contributed by atoms with Crippen LogP contribution in [-0.4, -0.2) is 11.8 Å². The predicted molar refractivity (Wildman–Crippen MR) is 61.5 cm³/mol. The first-order valence-corrected chi connectivity index (χ1v) is 5.07. The van der Waals surface area contributed by atoms with Gasteiger partial charge in [-0.1, -0.05) is 39.0 Å². The van der Waals surface area contributed by atoms with Crippen molar-refractivity contribution in [1.82, 2.24) is 10.9 Å². The third-order valence-electron chi connectivity index (χ3n) is 2.01. The third kappa shape index (κ3) is 3.38. The van der Waals surface area contributed by atoms with Gasteiger partial charge in [-0.2, -0.15) is 0 Å². The Morgan fingerprint density at radius 2 is 1.56 bits per heavy atom. The first kappa shape index (κ1) is 12.2. The normalized spacial score (nSPS) is 10.7. The Morgan fingerprint density at radius 1 is 1.00 bits per heavy atom. The second-order valence-corrected chi connectivity index (χ2v) is 4.52. The lowest BCUT2D eigenvalue weighted by atomic mass is 9.96. The molecule has 0 aliphatic carbocycles. The van der Waals surface area contributed by atoms with Crippen LogP contribution in [-0.2, 0) is 4.79 Å². The molecule has 0 aliphatic rings. The third-order valence-corrected chi connectivity index (χ3v) is 2.01. The maximum Gasteiger partial charge on any atom is 0.269 e. The molecule has 4 nitrogen and oxygen atoms in total. The number of hydrogen-bond acceptors (Lipinski definition) is 2. The summed E-state index contributed by atoms with van der Waals surface area (Å²) in [6, 6.07) is 8.71. The van der Waals surface area contributed by atoms with Crippen molar-refractivity contribution in [2.24, 2.45) is 5.41 Å². The molecule has 0 heterocycles. The molecule has 0 aliphatic heterocycles. The molecule has 0 saturated heterocycles. The molecule has 0 spiro atoms. The van der Waals surface area contributed by atoms with E-state index >= 15 is 0 Å². The van der Waals surface area contributed by atoms with Gasteiger partial charge in [-0.3, -0.25) is 20.4 Å². The second kappa shape index (κ2) is 4.79. The van der Waals surface area contributed by atoms with Gasteiger partial charge in [0.1, 0.15) is 0 Å². The summed E-state index contributed by atoms with van der Waals surface area (Å²) in [6.07, 6.45) is 0. The van der Waals surface area contributed by atoms with E-state index in [1.54, 1.807) is 45.0 Å². The smallest absolute Gasteiger partial charge is 0.269 e. The van der Waals surface area contributed by atoms with Crippen LogP contribution in [0, 0.1) is 5.41 Å². The van der Waals surface area contributed by atoms with E-state index in [0.29, 0.717) is 5.56 Å². The molecule has 2 N–H and O–H groups in total. The number of carbonyl (C=O) groups is 2. The van der Waals surface area contributed by atoms with Gasteiger partial charge in [0, 0.05) is 11.0 Å². The summed E-state index contributed by atoms with van der Waals surface area (Å²) in [4.78, 5) is 23.0. The van der Waals surface area contributed by atoms with E-state index in [1.165, 1.54) is 0 Å². The molecule has 0 radical (unpaired) electrons. The van der Waals surface area contributed by atoms with Gasteiger partial charge in [-0.15, -0.1) is 0 Å². The molecular formula is C12H16N2O2. The molecule has 4 heteroatoms. The van der Waals surface area contributed by atoms with Gasteiger partial charge < -0.3 is 0 Å². The van der Waals surface area contributed by atoms with Gasteiger partial charge in [0.05, 0.1) is 0 Å². The highest BCUT2D eigenvalue weighted by molar-refractivity contribution is 5.95. The zero-order chi connectivity index (χ0) is 12.2. The molecule has 16 heavy (non-hydrogen) atoms. The summed E-state index contributed by atoms with van der Waals surface area (Å²) in [7, 11) is 0. The fourth-order valence-corrected chi connectivity index (χ4v) is 0.963. The van der Waals surface area contributed by atoms with Crippen LogP contribution in [0.15, 0.2) is 30.3 Å². The fraction of sp³-hybridized carbons (Fsp3) is 0.333. The lowest BCUT2D eigenvalue weighted by molar-refractivity contribution is -0.129. The summed E-state index contributed by atoms with van der Waals surface area (Å²) in [5, 5.41) is 0. The first-order chi connectivity index (χ1) is 7.41. The molecule has 0 unspecified atom stereocenters. The van der Waals surface area contributed by atoms with E-state index in [0.717, 1.165) is 0 Å². The molecule has 0 bridgehead atoms. The molecule has 1 aromatic carbocycles. The summed E-state index contributed by atoms with van der Waals surface area (Å²) >= 11 is 0. The molecule has 2 amide bonds. The standard InChI is InChI=1S/C12H16N2O2/c1-12(2,3)11(16)14-13-10(15)9-7-5-4-6-8-9/h4-8H,1-3H3,(H,13,15)(H,14,16). The summed E-state index contributed by atoms with van der Waals surface area (Å²) in [5.41, 5.74) is 4.74. The largest absolute Gasteiger partial charge is 0.273 e. The predicted octanol–water partition coefficient (Wildman–Crippen LogP) is 1.49. The van der Waals surface area contributed by atoms with E-state index in [-0.39, 0.29) is 11.8 Å². The highest BCUT2D eigenvalue weighted by Gasteiger charge is 2.21. The average molecular weight is 220 g/mol. The first-order valence-electron chi connectivity index (χ1n) is 5.07. The molecule has 86 valence electrons. The lowest BCUT2D eigenvalue weighted by Gasteiger charge is -2.17. The average Bonchev–Trinajstić information content (AvgIpc) is 2.25. The van der Waals surface area contributed by atoms with Crippen molar-refractivity contribution in [3.63, 3.8) is 0 Å². The van der Waals surface area contributed by atoms with Crippen LogP contribution in [0.5, 0.6) is 0 Å². The highest BCUT2D eigenvalue weighted by atomic mass is 16.2. The molecule has 1 rings (SSSR count). The number of hydrazine groups is 1. The molecule has 0 saturated carbocycles. The number of rotatable bonds is 1. The van der Waals surface area contributed by atoms with Gasteiger partial charge in [0.15, 0.2) is 0 Å². The lowest BCUT2D eigenvalue weighted by Crippen LogP contribution is -2.46. The van der Waals surface area contributed by atoms with Crippen molar-refractivity contribution < 1.29 is 9.59 Å². The molecule has 0 atom stereocenters. The van der Waals surface area contributed by atoms with Crippen molar-refractivity contribution in [1.29, 1.82) is 0 Å². The van der Waals surface area contributed by atoms with E-state index in [1.807, 2.05) is 6.07 Å². The summed E-state index contributed by atoms with van der Waals surface area (Å²) in [5.74, 6) is -0.546. The van der Waals surface area contributed by atoms with Gasteiger partial charge in [-0.05, 0) is 12.1 Å². The van der Waals surface area contributed by atoms with Crippen molar-refractivity contribution in [3.05, 3.63) is 35.9 Å². The maximum atomic E-state index is 11.6. The number of hydrogen-bond donors (Lipinski definition) is 2.